The number of benzene rings is 1. The third-order valence-electron chi connectivity index (χ3n) is 3.04. The highest BCUT2D eigenvalue weighted by Gasteiger charge is 2.26. The molecule has 4 heteroatoms. The van der Waals surface area contributed by atoms with Crippen LogP contribution in [-0.2, 0) is 0 Å². The minimum Gasteiger partial charge on any atom is -0.494 e. The topological polar surface area (TPSA) is 9.23 Å². The molecule has 1 nitrogen and oxygen atoms in total. The van der Waals surface area contributed by atoms with Crippen LogP contribution in [0.2, 0.25) is 0 Å². The summed E-state index contributed by atoms with van der Waals surface area (Å²) in [6.07, 6.45) is 3.48. The fraction of sp³-hybridized carbons (Fsp3) is 0.571. The molecule has 0 N–H and O–H groups in total. The molecule has 18 heavy (non-hydrogen) atoms. The number of hydrogen-bond donors (Lipinski definition) is 0. The number of ether oxygens (including phenoxy) is 1. The van der Waals surface area contributed by atoms with Gasteiger partial charge in [0, 0.05) is 15.1 Å². The minimum atomic E-state index is 0.306. The Morgan fingerprint density at radius 2 is 1.89 bits per heavy atom. The number of halogens is 3. The lowest BCUT2D eigenvalue weighted by Gasteiger charge is -2.29. The molecule has 0 atom stereocenters. The van der Waals surface area contributed by atoms with Crippen LogP contribution in [0.1, 0.15) is 26.2 Å². The molecule has 0 amide bonds. The number of rotatable bonds is 8. The maximum absolute atomic E-state index is 5.82. The van der Waals surface area contributed by atoms with Crippen LogP contribution in [-0.4, -0.2) is 17.3 Å². The zero-order valence-corrected chi connectivity index (χ0v) is 15.4. The molecule has 0 bridgehead atoms. The van der Waals surface area contributed by atoms with E-state index in [9.17, 15) is 0 Å². The van der Waals surface area contributed by atoms with Crippen molar-refractivity contribution in [3.8, 4) is 5.75 Å². The lowest BCUT2D eigenvalue weighted by atomic mass is 9.85. The molecule has 0 radical (unpaired) electrons. The Morgan fingerprint density at radius 3 is 2.44 bits per heavy atom. The van der Waals surface area contributed by atoms with E-state index >= 15 is 0 Å². The molecule has 1 aromatic rings. The van der Waals surface area contributed by atoms with Gasteiger partial charge in [-0.1, -0.05) is 67.2 Å². The maximum atomic E-state index is 5.82. The molecule has 0 aromatic heterocycles. The highest BCUT2D eigenvalue weighted by Crippen LogP contribution is 2.33. The molecule has 0 aliphatic carbocycles. The number of hydrogen-bond acceptors (Lipinski definition) is 1. The van der Waals surface area contributed by atoms with Gasteiger partial charge in [0.2, 0.25) is 0 Å². The molecule has 0 spiro atoms. The first-order valence-corrected chi connectivity index (χ1v) is 9.19. The lowest BCUT2D eigenvalue weighted by Crippen LogP contribution is -2.27. The van der Waals surface area contributed by atoms with Crippen molar-refractivity contribution >= 4 is 47.8 Å². The summed E-state index contributed by atoms with van der Waals surface area (Å²) in [5.41, 5.74) is 0.306. The highest BCUT2D eigenvalue weighted by atomic mass is 79.9. The molecule has 0 saturated carbocycles. The van der Waals surface area contributed by atoms with Crippen LogP contribution < -0.4 is 4.74 Å². The van der Waals surface area contributed by atoms with Crippen LogP contribution in [0.4, 0.5) is 0 Å². The summed E-state index contributed by atoms with van der Waals surface area (Å²) in [7, 11) is 0. The van der Waals surface area contributed by atoms with Crippen LogP contribution in [0.5, 0.6) is 5.75 Å². The van der Waals surface area contributed by atoms with Gasteiger partial charge in [-0.25, -0.2) is 0 Å². The smallest absolute Gasteiger partial charge is 0.120 e. The van der Waals surface area contributed by atoms with Gasteiger partial charge >= 0.3 is 0 Å². The van der Waals surface area contributed by atoms with Crippen molar-refractivity contribution in [2.24, 2.45) is 5.41 Å². The molecule has 0 saturated heterocycles. The second-order valence-electron chi connectivity index (χ2n) is 4.57. The zero-order valence-electron chi connectivity index (χ0n) is 10.6. The van der Waals surface area contributed by atoms with Crippen molar-refractivity contribution in [3.63, 3.8) is 0 Å². The predicted octanol–water partition coefficient (Wildman–Crippen LogP) is 5.79. The summed E-state index contributed by atoms with van der Waals surface area (Å²) in [6, 6.07) is 8.00. The van der Waals surface area contributed by atoms with Crippen molar-refractivity contribution in [1.82, 2.24) is 0 Å². The van der Waals surface area contributed by atoms with Crippen molar-refractivity contribution in [3.05, 3.63) is 28.7 Å². The van der Waals surface area contributed by atoms with E-state index in [4.69, 9.17) is 4.74 Å². The van der Waals surface area contributed by atoms with Crippen LogP contribution in [0.25, 0.3) is 0 Å². The maximum Gasteiger partial charge on any atom is 0.120 e. The van der Waals surface area contributed by atoms with E-state index in [-0.39, 0.29) is 0 Å². The Bertz CT molecular complexity index is 351. The summed E-state index contributed by atoms with van der Waals surface area (Å²) >= 11 is 10.7. The van der Waals surface area contributed by atoms with Gasteiger partial charge in [0.05, 0.1) is 6.61 Å². The van der Waals surface area contributed by atoms with Crippen LogP contribution >= 0.6 is 47.8 Å². The SMILES string of the molecule is CCCC(CBr)(CBr)CCOc1cccc(Br)c1. The van der Waals surface area contributed by atoms with E-state index in [1.165, 1.54) is 12.8 Å². The molecule has 0 aliphatic rings. The summed E-state index contributed by atoms with van der Waals surface area (Å²) < 4.78 is 6.88. The van der Waals surface area contributed by atoms with E-state index in [0.29, 0.717) is 5.41 Å². The van der Waals surface area contributed by atoms with Gasteiger partial charge in [-0.3, -0.25) is 0 Å². The largest absolute Gasteiger partial charge is 0.494 e. The van der Waals surface area contributed by atoms with Gasteiger partial charge < -0.3 is 4.74 Å². The normalized spacial score (nSPS) is 11.6. The fourth-order valence-electron chi connectivity index (χ4n) is 1.90. The minimum absolute atomic E-state index is 0.306. The first kappa shape index (κ1) is 16.5. The van der Waals surface area contributed by atoms with Gasteiger partial charge in [-0.05, 0) is 36.5 Å². The Morgan fingerprint density at radius 1 is 1.17 bits per heavy atom. The molecule has 102 valence electrons. The first-order chi connectivity index (χ1) is 8.65. The molecule has 1 rings (SSSR count). The monoisotopic (exact) mass is 440 g/mol. The van der Waals surface area contributed by atoms with Crippen LogP contribution in [0, 0.1) is 5.41 Å². The van der Waals surface area contributed by atoms with Crippen molar-refractivity contribution in [2.45, 2.75) is 26.2 Å². The summed E-state index contributed by atoms with van der Waals surface area (Å²) in [4.78, 5) is 0. The standard InChI is InChI=1S/C14H19Br3O/c1-2-6-14(10-15,11-16)7-8-18-13-5-3-4-12(17)9-13/h3-5,9H,2,6-8,10-11H2,1H3. The fourth-order valence-corrected chi connectivity index (χ4v) is 4.33. The lowest BCUT2D eigenvalue weighted by molar-refractivity contribution is 0.226. The first-order valence-electron chi connectivity index (χ1n) is 6.16. The molecule has 0 fully saturated rings. The van der Waals surface area contributed by atoms with Gasteiger partial charge in [0.25, 0.3) is 0 Å². The molecule has 0 unspecified atom stereocenters. The Hall–Kier alpha value is 0.460. The van der Waals surface area contributed by atoms with Gasteiger partial charge in [0.15, 0.2) is 0 Å². The third kappa shape index (κ3) is 5.22. The van der Waals surface area contributed by atoms with E-state index in [0.717, 1.165) is 33.9 Å². The zero-order chi connectivity index (χ0) is 13.4. The van der Waals surface area contributed by atoms with Crippen molar-refractivity contribution in [2.75, 3.05) is 17.3 Å². The number of alkyl halides is 2. The molecular formula is C14H19Br3O. The van der Waals surface area contributed by atoms with E-state index in [1.807, 2.05) is 24.3 Å². The molecule has 0 heterocycles. The quantitative estimate of drug-likeness (QED) is 0.462. The summed E-state index contributed by atoms with van der Waals surface area (Å²) in [5, 5.41) is 2.03. The highest BCUT2D eigenvalue weighted by molar-refractivity contribution is 9.10. The van der Waals surface area contributed by atoms with E-state index < -0.39 is 0 Å². The van der Waals surface area contributed by atoms with Gasteiger partial charge in [0.1, 0.15) is 5.75 Å². The Labute approximate surface area is 135 Å². The van der Waals surface area contributed by atoms with Crippen molar-refractivity contribution in [1.29, 1.82) is 0 Å². The average molecular weight is 443 g/mol. The second kappa shape index (κ2) is 8.60. The second-order valence-corrected chi connectivity index (χ2v) is 6.61. The van der Waals surface area contributed by atoms with Crippen molar-refractivity contribution < 1.29 is 4.74 Å². The van der Waals surface area contributed by atoms with Crippen LogP contribution in [0.3, 0.4) is 0 Å². The summed E-state index contributed by atoms with van der Waals surface area (Å²) in [5.74, 6) is 0.930. The molecular weight excluding hydrogens is 424 g/mol. The Kier molecular flexibility index (Phi) is 7.89. The van der Waals surface area contributed by atoms with Gasteiger partial charge in [-0.2, -0.15) is 0 Å². The van der Waals surface area contributed by atoms with E-state index in [2.05, 4.69) is 54.7 Å². The average Bonchev–Trinajstić information content (AvgIpc) is 2.38. The predicted molar refractivity (Wildman–Crippen MR) is 89.2 cm³/mol. The third-order valence-corrected chi connectivity index (χ3v) is 5.92. The molecule has 1 aromatic carbocycles. The van der Waals surface area contributed by atoms with E-state index in [1.54, 1.807) is 0 Å². The summed E-state index contributed by atoms with van der Waals surface area (Å²) in [6.45, 7) is 2.99. The van der Waals surface area contributed by atoms with Gasteiger partial charge in [-0.15, -0.1) is 0 Å². The van der Waals surface area contributed by atoms with Crippen LogP contribution in [0.15, 0.2) is 28.7 Å². The molecule has 0 aliphatic heterocycles. The Balaban J connectivity index is 2.48.